The number of carbonyl (C=O) groups is 1. The van der Waals surface area contributed by atoms with E-state index in [4.69, 9.17) is 23.2 Å². The Hall–Kier alpha value is -2.10. The highest BCUT2D eigenvalue weighted by molar-refractivity contribution is 6.35. The van der Waals surface area contributed by atoms with E-state index >= 15 is 0 Å². The number of hydrogen-bond donors (Lipinski definition) is 0. The predicted molar refractivity (Wildman–Crippen MR) is 92.2 cm³/mol. The normalized spacial score (nSPS) is 12.1. The summed E-state index contributed by atoms with van der Waals surface area (Å²) in [5.41, 5.74) is 1.54. The van der Waals surface area contributed by atoms with Crippen LogP contribution in [-0.4, -0.2) is 15.3 Å². The first-order chi connectivity index (χ1) is 11.1. The number of ketones is 1. The third kappa shape index (κ3) is 3.63. The SMILES string of the molecule is O=C(c1ccccc1)C(Cc1ccc(Cl)cc1Cl)n1ccnc1. The standard InChI is InChI=1S/C18H14Cl2N2O/c19-15-7-6-14(16(20)11-15)10-17(22-9-8-21-12-22)18(23)13-4-2-1-3-5-13/h1-9,11-12,17H,10H2. The first-order valence-corrected chi connectivity index (χ1v) is 7.91. The van der Waals surface area contributed by atoms with E-state index < -0.39 is 6.04 Å². The molecule has 0 aliphatic heterocycles. The van der Waals surface area contributed by atoms with Crippen LogP contribution in [0, 0.1) is 0 Å². The van der Waals surface area contributed by atoms with Crippen LogP contribution < -0.4 is 0 Å². The fourth-order valence-electron chi connectivity index (χ4n) is 2.48. The maximum atomic E-state index is 12.9. The number of imidazole rings is 1. The van der Waals surface area contributed by atoms with Gasteiger partial charge in [-0.25, -0.2) is 4.98 Å². The molecule has 1 atom stereocenters. The molecule has 0 spiro atoms. The van der Waals surface area contributed by atoms with Gasteiger partial charge in [0.2, 0.25) is 0 Å². The second-order valence-corrected chi connectivity index (χ2v) is 6.04. The number of rotatable bonds is 5. The molecule has 2 aromatic carbocycles. The van der Waals surface area contributed by atoms with Gasteiger partial charge >= 0.3 is 0 Å². The van der Waals surface area contributed by atoms with Gasteiger partial charge in [0, 0.05) is 34.4 Å². The lowest BCUT2D eigenvalue weighted by Gasteiger charge is -2.18. The molecule has 0 N–H and O–H groups in total. The smallest absolute Gasteiger partial charge is 0.185 e. The second kappa shape index (κ2) is 6.99. The lowest BCUT2D eigenvalue weighted by Crippen LogP contribution is -2.21. The maximum Gasteiger partial charge on any atom is 0.185 e. The molecule has 1 unspecified atom stereocenters. The molecular weight excluding hydrogens is 331 g/mol. The van der Waals surface area contributed by atoms with Gasteiger partial charge in [-0.15, -0.1) is 0 Å². The van der Waals surface area contributed by atoms with Crippen LogP contribution in [0.5, 0.6) is 0 Å². The van der Waals surface area contributed by atoms with Gasteiger partial charge in [0.15, 0.2) is 5.78 Å². The van der Waals surface area contributed by atoms with Crippen molar-refractivity contribution in [3.05, 3.63) is 88.4 Å². The molecule has 0 radical (unpaired) electrons. The molecule has 5 heteroatoms. The van der Waals surface area contributed by atoms with Gasteiger partial charge in [0.05, 0.1) is 6.33 Å². The van der Waals surface area contributed by atoms with Crippen molar-refractivity contribution >= 4 is 29.0 Å². The zero-order valence-electron chi connectivity index (χ0n) is 12.2. The van der Waals surface area contributed by atoms with E-state index in [9.17, 15) is 4.79 Å². The highest BCUT2D eigenvalue weighted by atomic mass is 35.5. The van der Waals surface area contributed by atoms with Gasteiger partial charge in [-0.05, 0) is 17.7 Å². The molecule has 0 bridgehead atoms. The van der Waals surface area contributed by atoms with Crippen molar-refractivity contribution in [3.63, 3.8) is 0 Å². The molecule has 0 fully saturated rings. The largest absolute Gasteiger partial charge is 0.326 e. The zero-order chi connectivity index (χ0) is 16.2. The molecule has 1 aromatic heterocycles. The van der Waals surface area contributed by atoms with Crippen molar-refractivity contribution < 1.29 is 4.79 Å². The minimum Gasteiger partial charge on any atom is -0.326 e. The van der Waals surface area contributed by atoms with Crippen LogP contribution >= 0.6 is 23.2 Å². The molecule has 3 rings (SSSR count). The second-order valence-electron chi connectivity index (χ2n) is 5.20. The summed E-state index contributed by atoms with van der Waals surface area (Å²) in [6.07, 6.45) is 5.57. The minimum absolute atomic E-state index is 0.0228. The molecular formula is C18H14Cl2N2O. The lowest BCUT2D eigenvalue weighted by molar-refractivity contribution is 0.0924. The van der Waals surface area contributed by atoms with E-state index in [1.54, 1.807) is 35.4 Å². The topological polar surface area (TPSA) is 34.9 Å². The van der Waals surface area contributed by atoms with Gasteiger partial charge in [0.1, 0.15) is 6.04 Å². The number of halogens is 2. The average molecular weight is 345 g/mol. The Labute approximate surface area is 144 Å². The van der Waals surface area contributed by atoms with Crippen molar-refractivity contribution in [1.82, 2.24) is 9.55 Å². The number of hydrogen-bond acceptors (Lipinski definition) is 2. The van der Waals surface area contributed by atoms with Crippen LogP contribution in [0.2, 0.25) is 10.0 Å². The predicted octanol–water partition coefficient (Wildman–Crippen LogP) is 4.86. The molecule has 0 saturated heterocycles. The van der Waals surface area contributed by atoms with Crippen LogP contribution in [0.25, 0.3) is 0 Å². The van der Waals surface area contributed by atoms with E-state index in [2.05, 4.69) is 4.98 Å². The minimum atomic E-state index is -0.404. The van der Waals surface area contributed by atoms with E-state index in [1.807, 2.05) is 36.4 Å². The molecule has 0 aliphatic carbocycles. The lowest BCUT2D eigenvalue weighted by atomic mass is 9.97. The summed E-state index contributed by atoms with van der Waals surface area (Å²) < 4.78 is 1.81. The number of benzene rings is 2. The molecule has 116 valence electrons. The Morgan fingerprint density at radius 2 is 1.91 bits per heavy atom. The quantitative estimate of drug-likeness (QED) is 0.619. The summed E-state index contributed by atoms with van der Waals surface area (Å²) >= 11 is 12.2. The van der Waals surface area contributed by atoms with Gasteiger partial charge in [-0.1, -0.05) is 59.6 Å². The van der Waals surface area contributed by atoms with Crippen molar-refractivity contribution in [2.45, 2.75) is 12.5 Å². The molecule has 0 saturated carbocycles. The molecule has 3 nitrogen and oxygen atoms in total. The van der Waals surface area contributed by atoms with Crippen LogP contribution in [0.1, 0.15) is 22.0 Å². The third-order valence-electron chi connectivity index (χ3n) is 3.67. The maximum absolute atomic E-state index is 12.9. The summed E-state index contributed by atoms with van der Waals surface area (Å²) in [7, 11) is 0. The monoisotopic (exact) mass is 344 g/mol. The van der Waals surface area contributed by atoms with Gasteiger partial charge in [-0.2, -0.15) is 0 Å². The fourth-order valence-corrected chi connectivity index (χ4v) is 2.96. The molecule has 1 heterocycles. The molecule has 0 aliphatic rings. The summed E-state index contributed by atoms with van der Waals surface area (Å²) in [5.74, 6) is 0.0228. The van der Waals surface area contributed by atoms with E-state index in [0.29, 0.717) is 22.0 Å². The zero-order valence-corrected chi connectivity index (χ0v) is 13.7. The first kappa shape index (κ1) is 15.8. The number of carbonyl (C=O) groups excluding carboxylic acids is 1. The fraction of sp³-hybridized carbons (Fsp3) is 0.111. The average Bonchev–Trinajstić information content (AvgIpc) is 3.08. The Balaban J connectivity index is 1.95. The van der Waals surface area contributed by atoms with Crippen molar-refractivity contribution in [3.8, 4) is 0 Å². The Morgan fingerprint density at radius 3 is 2.57 bits per heavy atom. The first-order valence-electron chi connectivity index (χ1n) is 7.16. The summed E-state index contributed by atoms with van der Waals surface area (Å²) in [6.45, 7) is 0. The van der Waals surface area contributed by atoms with Gasteiger partial charge < -0.3 is 4.57 Å². The van der Waals surface area contributed by atoms with Gasteiger partial charge in [-0.3, -0.25) is 4.79 Å². The van der Waals surface area contributed by atoms with E-state index in [1.165, 1.54) is 0 Å². The van der Waals surface area contributed by atoms with Gasteiger partial charge in [0.25, 0.3) is 0 Å². The van der Waals surface area contributed by atoms with Crippen LogP contribution in [0.3, 0.4) is 0 Å². The van der Waals surface area contributed by atoms with Crippen LogP contribution in [-0.2, 0) is 6.42 Å². The number of nitrogens with zero attached hydrogens (tertiary/aromatic N) is 2. The summed E-state index contributed by atoms with van der Waals surface area (Å²) in [6, 6.07) is 14.1. The molecule has 0 amide bonds. The third-order valence-corrected chi connectivity index (χ3v) is 4.26. The summed E-state index contributed by atoms with van der Waals surface area (Å²) in [5, 5.41) is 1.13. The van der Waals surface area contributed by atoms with Crippen molar-refractivity contribution in [2.75, 3.05) is 0 Å². The Bertz CT molecular complexity index is 801. The van der Waals surface area contributed by atoms with Crippen LogP contribution in [0.15, 0.2) is 67.3 Å². The molecule has 3 aromatic rings. The number of aromatic nitrogens is 2. The van der Waals surface area contributed by atoms with Crippen LogP contribution in [0.4, 0.5) is 0 Å². The van der Waals surface area contributed by atoms with Crippen molar-refractivity contribution in [2.24, 2.45) is 0 Å². The number of Topliss-reactive ketones (excluding diaryl/α,β-unsaturated/α-hetero) is 1. The summed E-state index contributed by atoms with van der Waals surface area (Å²) in [4.78, 5) is 17.0. The molecule has 23 heavy (non-hydrogen) atoms. The van der Waals surface area contributed by atoms with E-state index in [-0.39, 0.29) is 5.78 Å². The van der Waals surface area contributed by atoms with Crippen molar-refractivity contribution in [1.29, 1.82) is 0 Å². The van der Waals surface area contributed by atoms with E-state index in [0.717, 1.165) is 5.56 Å². The highest BCUT2D eigenvalue weighted by Gasteiger charge is 2.23. The highest BCUT2D eigenvalue weighted by Crippen LogP contribution is 2.26. The Kier molecular flexibility index (Phi) is 4.79. The Morgan fingerprint density at radius 1 is 1.13 bits per heavy atom.